The second-order valence-corrected chi connectivity index (χ2v) is 7.66. The van der Waals surface area contributed by atoms with Gasteiger partial charge in [0.1, 0.15) is 11.6 Å². The van der Waals surface area contributed by atoms with Gasteiger partial charge in [-0.1, -0.05) is 18.7 Å². The summed E-state index contributed by atoms with van der Waals surface area (Å²) < 4.78 is 5.29. The molecule has 0 aliphatic rings. The minimum absolute atomic E-state index is 0.233. The Balaban J connectivity index is 1.88. The van der Waals surface area contributed by atoms with E-state index in [0.717, 1.165) is 11.6 Å². The van der Waals surface area contributed by atoms with E-state index < -0.39 is 11.7 Å². The highest BCUT2D eigenvalue weighted by molar-refractivity contribution is 6.43. The molecule has 1 heterocycles. The monoisotopic (exact) mass is 474 g/mol. The molecule has 0 saturated heterocycles. The number of carbonyl (C=O) groups excluding carboxylic acids is 3. The largest absolute Gasteiger partial charge is 0.495 e. The van der Waals surface area contributed by atoms with Gasteiger partial charge in [0.15, 0.2) is 0 Å². The van der Waals surface area contributed by atoms with Crippen LogP contribution in [0.2, 0.25) is 0 Å². The van der Waals surface area contributed by atoms with E-state index >= 15 is 0 Å². The van der Waals surface area contributed by atoms with Gasteiger partial charge in [-0.15, -0.1) is 0 Å². The quantitative estimate of drug-likeness (QED) is 0.244. The summed E-state index contributed by atoms with van der Waals surface area (Å²) in [5.74, 6) is -0.424. The number of hydrogen-bond acceptors (Lipinski definition) is 8. The fraction of sp³-hybridized carbons (Fsp3) is 0.160. The van der Waals surface area contributed by atoms with Crippen LogP contribution >= 0.6 is 0 Å². The number of likely N-dealkylation sites (N-methyl/N-ethyl adjacent to an activating group) is 1. The smallest absolute Gasteiger partial charge is 0.294 e. The van der Waals surface area contributed by atoms with Gasteiger partial charge in [-0.2, -0.15) is 4.98 Å². The van der Waals surface area contributed by atoms with Crippen LogP contribution < -0.4 is 20.7 Å². The molecule has 10 nitrogen and oxygen atoms in total. The highest BCUT2D eigenvalue weighted by atomic mass is 16.5. The van der Waals surface area contributed by atoms with Crippen LogP contribution in [0.1, 0.15) is 15.9 Å². The molecule has 0 fully saturated rings. The van der Waals surface area contributed by atoms with Crippen LogP contribution in [0.3, 0.4) is 0 Å². The van der Waals surface area contributed by atoms with Crippen LogP contribution in [0.5, 0.6) is 5.75 Å². The van der Waals surface area contributed by atoms with Gasteiger partial charge in [0.2, 0.25) is 11.9 Å². The topological polar surface area (TPSA) is 126 Å². The zero-order valence-corrected chi connectivity index (χ0v) is 19.9. The number of hydrogen-bond donors (Lipinski definition) is 3. The Hall–Kier alpha value is -4.73. The molecule has 0 unspecified atom stereocenters. The van der Waals surface area contributed by atoms with E-state index in [1.165, 1.54) is 26.1 Å². The number of aromatic nitrogens is 2. The maximum atomic E-state index is 12.6. The summed E-state index contributed by atoms with van der Waals surface area (Å²) in [7, 11) is 4.55. The van der Waals surface area contributed by atoms with Crippen LogP contribution in [0.4, 0.5) is 28.8 Å². The van der Waals surface area contributed by atoms with Gasteiger partial charge in [0, 0.05) is 31.5 Å². The van der Waals surface area contributed by atoms with E-state index in [9.17, 15) is 14.4 Å². The molecule has 2 amide bonds. The first-order valence-corrected chi connectivity index (χ1v) is 10.6. The van der Waals surface area contributed by atoms with Crippen molar-refractivity contribution in [3.63, 3.8) is 0 Å². The molecule has 0 spiro atoms. The van der Waals surface area contributed by atoms with E-state index in [1.54, 1.807) is 48.7 Å². The average Bonchev–Trinajstić information content (AvgIpc) is 2.85. The summed E-state index contributed by atoms with van der Waals surface area (Å²) in [5, 5.41) is 8.91. The maximum Gasteiger partial charge on any atom is 0.294 e. The van der Waals surface area contributed by atoms with Gasteiger partial charge in [-0.25, -0.2) is 4.98 Å². The van der Waals surface area contributed by atoms with Crippen molar-refractivity contribution in [1.29, 1.82) is 0 Å². The van der Waals surface area contributed by atoms with Crippen molar-refractivity contribution in [2.45, 2.75) is 6.92 Å². The van der Waals surface area contributed by atoms with Crippen molar-refractivity contribution in [3.8, 4) is 5.75 Å². The van der Waals surface area contributed by atoms with Crippen molar-refractivity contribution >= 4 is 46.4 Å². The van der Waals surface area contributed by atoms with Crippen LogP contribution in [0, 0.1) is 6.92 Å². The number of carbonyl (C=O) groups is 3. The molecule has 2 aromatic carbocycles. The van der Waals surface area contributed by atoms with Crippen molar-refractivity contribution < 1.29 is 19.1 Å². The third kappa shape index (κ3) is 5.99. The molecular formula is C25H26N6O4. The second kappa shape index (κ2) is 10.9. The number of nitrogens with one attached hydrogen (secondary N) is 3. The summed E-state index contributed by atoms with van der Waals surface area (Å²) in [6, 6.07) is 11.8. The first kappa shape index (κ1) is 24.9. The number of aryl methyl sites for hydroxylation is 1. The summed E-state index contributed by atoms with van der Waals surface area (Å²) >= 11 is 0. The average molecular weight is 475 g/mol. The minimum Gasteiger partial charge on any atom is -0.495 e. The number of para-hydroxylation sites is 1. The number of ether oxygens (including phenoxy) is 1. The van der Waals surface area contributed by atoms with Gasteiger partial charge in [0.25, 0.3) is 11.7 Å². The zero-order chi connectivity index (χ0) is 25.5. The lowest BCUT2D eigenvalue weighted by Gasteiger charge is -2.15. The molecule has 0 saturated carbocycles. The lowest BCUT2D eigenvalue weighted by atomic mass is 10.1. The Morgan fingerprint density at radius 1 is 1.06 bits per heavy atom. The summed E-state index contributed by atoms with van der Waals surface area (Å²) in [6.45, 7) is 5.27. The molecule has 0 bridgehead atoms. The third-order valence-electron chi connectivity index (χ3n) is 4.90. The predicted octanol–water partition coefficient (Wildman–Crippen LogP) is 3.68. The molecule has 0 aliphatic carbocycles. The highest BCUT2D eigenvalue weighted by Gasteiger charge is 2.21. The summed E-state index contributed by atoms with van der Waals surface area (Å²) in [4.78, 5) is 46.7. The third-order valence-corrected chi connectivity index (χ3v) is 4.90. The molecule has 0 aliphatic heterocycles. The predicted molar refractivity (Wildman–Crippen MR) is 135 cm³/mol. The Kier molecular flexibility index (Phi) is 7.77. The molecule has 1 aromatic heterocycles. The van der Waals surface area contributed by atoms with Crippen LogP contribution in [0.15, 0.2) is 61.3 Å². The van der Waals surface area contributed by atoms with Gasteiger partial charge in [-0.3, -0.25) is 14.4 Å². The molecule has 0 atom stereocenters. The van der Waals surface area contributed by atoms with E-state index in [0.29, 0.717) is 28.6 Å². The number of nitrogens with zero attached hydrogens (tertiary/aromatic N) is 3. The fourth-order valence-corrected chi connectivity index (χ4v) is 3.06. The Morgan fingerprint density at radius 3 is 2.49 bits per heavy atom. The van der Waals surface area contributed by atoms with Crippen molar-refractivity contribution in [2.24, 2.45) is 0 Å². The highest BCUT2D eigenvalue weighted by Crippen LogP contribution is 2.30. The van der Waals surface area contributed by atoms with Crippen LogP contribution in [0.25, 0.3) is 0 Å². The van der Waals surface area contributed by atoms with Crippen molar-refractivity contribution in [2.75, 3.05) is 37.2 Å². The number of methoxy groups -OCH3 is 1. The normalized spacial score (nSPS) is 10.2. The number of benzene rings is 2. The molecule has 10 heteroatoms. The van der Waals surface area contributed by atoms with E-state index in [2.05, 4.69) is 32.5 Å². The summed E-state index contributed by atoms with van der Waals surface area (Å²) in [6.07, 6.45) is 2.78. The number of Topliss-reactive ketones (excluding diaryl/α,β-unsaturated/α-hetero) is 1. The Bertz CT molecular complexity index is 1290. The number of amides is 2. The van der Waals surface area contributed by atoms with E-state index in [1.807, 2.05) is 6.92 Å². The van der Waals surface area contributed by atoms with Gasteiger partial charge >= 0.3 is 0 Å². The second-order valence-electron chi connectivity index (χ2n) is 7.66. The van der Waals surface area contributed by atoms with Crippen LogP contribution in [-0.4, -0.2) is 53.7 Å². The van der Waals surface area contributed by atoms with E-state index in [4.69, 9.17) is 4.74 Å². The van der Waals surface area contributed by atoms with E-state index in [-0.39, 0.29) is 17.4 Å². The van der Waals surface area contributed by atoms with Gasteiger partial charge in [-0.05, 0) is 43.3 Å². The molecule has 3 N–H and O–H groups in total. The maximum absolute atomic E-state index is 12.6. The lowest BCUT2D eigenvalue weighted by molar-refractivity contribution is -0.124. The minimum atomic E-state index is -0.629. The Labute approximate surface area is 203 Å². The first-order chi connectivity index (χ1) is 16.7. The number of anilines is 5. The molecule has 3 aromatic rings. The SMILES string of the molecule is C=CC(=O)Nc1cc(Nc2ncc(C)c(Nc3ccccc3C(=O)C(=O)N(C)C)n2)ccc1OC. The molecule has 0 radical (unpaired) electrons. The van der Waals surface area contributed by atoms with Crippen LogP contribution in [-0.2, 0) is 9.59 Å². The molecule has 35 heavy (non-hydrogen) atoms. The Morgan fingerprint density at radius 2 is 1.80 bits per heavy atom. The van der Waals surface area contributed by atoms with Gasteiger partial charge < -0.3 is 25.6 Å². The summed E-state index contributed by atoms with van der Waals surface area (Å²) in [5.41, 5.74) is 2.46. The molecule has 180 valence electrons. The number of rotatable bonds is 9. The lowest BCUT2D eigenvalue weighted by Crippen LogP contribution is -2.30. The fourth-order valence-electron chi connectivity index (χ4n) is 3.06. The van der Waals surface area contributed by atoms with Crippen molar-refractivity contribution in [3.05, 3.63) is 72.4 Å². The standard InChI is InChI=1S/C25H26N6O4/c1-6-21(32)28-19-13-16(11-12-20(19)35-5)27-25-26-14-15(2)23(30-25)29-18-10-8-7-9-17(18)22(33)24(34)31(3)4/h6-14H,1H2,2-5H3,(H,28,32)(H2,26,27,29,30). The molecular weight excluding hydrogens is 448 g/mol. The zero-order valence-electron chi connectivity index (χ0n) is 19.9. The van der Waals surface area contributed by atoms with Gasteiger partial charge in [0.05, 0.1) is 24.0 Å². The number of ketones is 1. The van der Waals surface area contributed by atoms with Crippen molar-refractivity contribution in [1.82, 2.24) is 14.9 Å². The molecule has 3 rings (SSSR count). The first-order valence-electron chi connectivity index (χ1n) is 10.6.